The van der Waals surface area contributed by atoms with Crippen molar-refractivity contribution in [2.75, 3.05) is 0 Å². The van der Waals surface area contributed by atoms with E-state index in [9.17, 15) is 4.79 Å². The molecule has 1 fully saturated rings. The van der Waals surface area contributed by atoms with Crippen LogP contribution in [-0.2, 0) is 0 Å². The maximum absolute atomic E-state index is 12.4. The molecule has 106 valence electrons. The molecule has 0 bridgehead atoms. The van der Waals surface area contributed by atoms with Gasteiger partial charge < -0.3 is 9.88 Å². The van der Waals surface area contributed by atoms with Crippen LogP contribution in [0, 0.1) is 0 Å². The van der Waals surface area contributed by atoms with Crippen molar-refractivity contribution in [1.29, 1.82) is 0 Å². The van der Waals surface area contributed by atoms with Crippen LogP contribution in [0.3, 0.4) is 0 Å². The maximum Gasteiger partial charge on any atom is 0.255 e. The number of hydrazine groups is 3. The van der Waals surface area contributed by atoms with Crippen molar-refractivity contribution in [2.24, 2.45) is 0 Å². The number of fused-ring (bicyclic) bond motifs is 1. The second kappa shape index (κ2) is 5.22. The number of nitrogens with zero attached hydrogens (tertiary/aromatic N) is 1. The number of carbonyl (C=O) groups is 1. The van der Waals surface area contributed by atoms with Crippen molar-refractivity contribution in [3.63, 3.8) is 0 Å². The van der Waals surface area contributed by atoms with Gasteiger partial charge in [-0.05, 0) is 19.9 Å². The Morgan fingerprint density at radius 1 is 1.25 bits per heavy atom. The monoisotopic (exact) mass is 274 g/mol. The van der Waals surface area contributed by atoms with Gasteiger partial charge in [0, 0.05) is 23.1 Å². The van der Waals surface area contributed by atoms with E-state index >= 15 is 0 Å². The first-order valence-electron chi connectivity index (χ1n) is 6.58. The number of amides is 1. The van der Waals surface area contributed by atoms with E-state index in [1.807, 2.05) is 30.5 Å². The van der Waals surface area contributed by atoms with Gasteiger partial charge in [-0.3, -0.25) is 4.79 Å². The molecular formula is C13H18N6O. The SMILES string of the molecule is CC(C)n1cc(C(=O)NC2NNNN2)c2ccccc21. The molecule has 0 saturated carbocycles. The maximum atomic E-state index is 12.4. The molecule has 1 aliphatic heterocycles. The van der Waals surface area contributed by atoms with Crippen LogP contribution in [0.25, 0.3) is 10.9 Å². The summed E-state index contributed by atoms with van der Waals surface area (Å²) in [4.78, 5) is 12.4. The second-order valence-corrected chi connectivity index (χ2v) is 5.01. The van der Waals surface area contributed by atoms with Crippen molar-refractivity contribution in [3.8, 4) is 0 Å². The average Bonchev–Trinajstić information content (AvgIpc) is 3.05. The highest BCUT2D eigenvalue weighted by atomic mass is 16.2. The van der Waals surface area contributed by atoms with Crippen LogP contribution < -0.4 is 27.2 Å². The highest BCUT2D eigenvalue weighted by Crippen LogP contribution is 2.24. The lowest BCUT2D eigenvalue weighted by atomic mass is 10.1. The predicted octanol–water partition coefficient (Wildman–Crippen LogP) is 0.353. The molecule has 3 rings (SSSR count). The van der Waals surface area contributed by atoms with E-state index in [2.05, 4.69) is 45.7 Å². The van der Waals surface area contributed by atoms with Crippen LogP contribution in [0.1, 0.15) is 30.2 Å². The van der Waals surface area contributed by atoms with E-state index in [-0.39, 0.29) is 12.2 Å². The molecule has 1 amide bonds. The van der Waals surface area contributed by atoms with Gasteiger partial charge in [0.15, 0.2) is 6.29 Å². The topological polar surface area (TPSA) is 82.2 Å². The van der Waals surface area contributed by atoms with Crippen LogP contribution >= 0.6 is 0 Å². The number of benzene rings is 1. The minimum absolute atomic E-state index is 0.129. The van der Waals surface area contributed by atoms with Crippen LogP contribution in [0.5, 0.6) is 0 Å². The number of carbonyl (C=O) groups excluding carboxylic acids is 1. The predicted molar refractivity (Wildman–Crippen MR) is 76.1 cm³/mol. The van der Waals surface area contributed by atoms with Crippen LogP contribution in [-0.4, -0.2) is 16.8 Å². The van der Waals surface area contributed by atoms with Gasteiger partial charge in [0.05, 0.1) is 5.56 Å². The van der Waals surface area contributed by atoms with Crippen molar-refractivity contribution in [1.82, 2.24) is 31.8 Å². The molecule has 0 aliphatic carbocycles. The Hall–Kier alpha value is -1.93. The Morgan fingerprint density at radius 2 is 1.95 bits per heavy atom. The summed E-state index contributed by atoms with van der Waals surface area (Å²) in [6.45, 7) is 4.20. The van der Waals surface area contributed by atoms with E-state index in [4.69, 9.17) is 0 Å². The lowest BCUT2D eigenvalue weighted by Crippen LogP contribution is -2.49. The zero-order valence-electron chi connectivity index (χ0n) is 11.4. The van der Waals surface area contributed by atoms with Crippen LogP contribution in [0.15, 0.2) is 30.5 Å². The Morgan fingerprint density at radius 3 is 2.65 bits per heavy atom. The molecule has 0 unspecified atom stereocenters. The summed E-state index contributed by atoms with van der Waals surface area (Å²) in [7, 11) is 0. The van der Waals surface area contributed by atoms with Gasteiger partial charge in [0.1, 0.15) is 0 Å². The van der Waals surface area contributed by atoms with E-state index in [0.717, 1.165) is 10.9 Å². The third-order valence-electron chi connectivity index (χ3n) is 3.31. The number of rotatable bonds is 3. The minimum atomic E-state index is -0.358. The second-order valence-electron chi connectivity index (χ2n) is 5.01. The highest BCUT2D eigenvalue weighted by Gasteiger charge is 2.20. The highest BCUT2D eigenvalue weighted by molar-refractivity contribution is 6.07. The summed E-state index contributed by atoms with van der Waals surface area (Å²) in [6.07, 6.45) is 1.55. The van der Waals surface area contributed by atoms with Crippen LogP contribution in [0.4, 0.5) is 0 Å². The minimum Gasteiger partial charge on any atom is -0.344 e. The summed E-state index contributed by atoms with van der Waals surface area (Å²) in [5.74, 6) is -0.129. The molecule has 0 radical (unpaired) electrons. The molecule has 20 heavy (non-hydrogen) atoms. The van der Waals surface area contributed by atoms with E-state index in [0.29, 0.717) is 11.6 Å². The molecule has 7 nitrogen and oxygen atoms in total. The lowest BCUT2D eigenvalue weighted by molar-refractivity contribution is 0.0928. The van der Waals surface area contributed by atoms with Gasteiger partial charge in [-0.1, -0.05) is 18.2 Å². The van der Waals surface area contributed by atoms with Gasteiger partial charge in [0.2, 0.25) is 0 Å². The van der Waals surface area contributed by atoms with Crippen molar-refractivity contribution < 1.29 is 4.79 Å². The molecule has 2 heterocycles. The van der Waals surface area contributed by atoms with Gasteiger partial charge in [-0.25, -0.2) is 10.9 Å². The molecule has 1 saturated heterocycles. The third kappa shape index (κ3) is 2.27. The zero-order chi connectivity index (χ0) is 14.1. The van der Waals surface area contributed by atoms with Crippen molar-refractivity contribution >= 4 is 16.8 Å². The Balaban J connectivity index is 1.96. The lowest BCUT2D eigenvalue weighted by Gasteiger charge is -2.10. The summed E-state index contributed by atoms with van der Waals surface area (Å²) in [6, 6.07) is 8.22. The Bertz CT molecular complexity index is 629. The first-order valence-corrected chi connectivity index (χ1v) is 6.58. The first-order chi connectivity index (χ1) is 9.66. The van der Waals surface area contributed by atoms with Gasteiger partial charge in [-0.2, -0.15) is 11.1 Å². The molecule has 7 heteroatoms. The van der Waals surface area contributed by atoms with E-state index < -0.39 is 0 Å². The standard InChI is InChI=1S/C13H18N6O/c1-8(2)19-7-10(9-5-3-4-6-11(9)19)12(20)14-13-15-17-18-16-13/h3-8,13,15-18H,1-2H3,(H,14,20). The molecule has 0 atom stereocenters. The zero-order valence-corrected chi connectivity index (χ0v) is 11.4. The van der Waals surface area contributed by atoms with Crippen molar-refractivity contribution in [3.05, 3.63) is 36.0 Å². The number of para-hydroxylation sites is 1. The molecular weight excluding hydrogens is 256 g/mol. The molecule has 5 N–H and O–H groups in total. The number of hydrogen-bond donors (Lipinski definition) is 5. The smallest absolute Gasteiger partial charge is 0.255 e. The van der Waals surface area contributed by atoms with Crippen molar-refractivity contribution in [2.45, 2.75) is 26.2 Å². The van der Waals surface area contributed by atoms with Gasteiger partial charge in [-0.15, -0.1) is 0 Å². The largest absolute Gasteiger partial charge is 0.344 e. The first kappa shape index (κ1) is 13.1. The van der Waals surface area contributed by atoms with E-state index in [1.54, 1.807) is 0 Å². The summed E-state index contributed by atoms with van der Waals surface area (Å²) in [5, 5.41) is 3.80. The third-order valence-corrected chi connectivity index (χ3v) is 3.31. The molecule has 1 aliphatic rings. The Labute approximate surface area is 116 Å². The molecule has 0 spiro atoms. The normalized spacial score (nSPS) is 16.1. The molecule has 1 aromatic carbocycles. The summed E-state index contributed by atoms with van der Waals surface area (Å²) < 4.78 is 2.11. The number of hydrogen-bond acceptors (Lipinski definition) is 5. The van der Waals surface area contributed by atoms with Crippen LogP contribution in [0.2, 0.25) is 0 Å². The summed E-state index contributed by atoms with van der Waals surface area (Å²) >= 11 is 0. The number of nitrogens with one attached hydrogen (secondary N) is 5. The van der Waals surface area contributed by atoms with E-state index in [1.165, 1.54) is 0 Å². The quantitative estimate of drug-likeness (QED) is 0.558. The molecule has 2 aromatic rings. The fourth-order valence-electron chi connectivity index (χ4n) is 2.35. The number of aromatic nitrogens is 1. The average molecular weight is 274 g/mol. The molecule has 1 aromatic heterocycles. The van der Waals surface area contributed by atoms with Gasteiger partial charge in [0.25, 0.3) is 5.91 Å². The fraction of sp³-hybridized carbons (Fsp3) is 0.308. The Kier molecular flexibility index (Phi) is 3.41. The fourth-order valence-corrected chi connectivity index (χ4v) is 2.35. The summed E-state index contributed by atoms with van der Waals surface area (Å²) in [5.41, 5.74) is 12.7. The van der Waals surface area contributed by atoms with Gasteiger partial charge >= 0.3 is 0 Å².